The molecule has 1 amide bonds. The fourth-order valence-corrected chi connectivity index (χ4v) is 2.46. The summed E-state index contributed by atoms with van der Waals surface area (Å²) in [7, 11) is 0. The molecule has 3 nitrogen and oxygen atoms in total. The largest absolute Gasteiger partial charge is 0.444 e. The third-order valence-corrected chi connectivity index (χ3v) is 3.40. The second kappa shape index (κ2) is 7.90. The molecule has 130 valence electrons. The summed E-state index contributed by atoms with van der Waals surface area (Å²) in [6, 6.07) is 14.1. The highest BCUT2D eigenvalue weighted by atomic mass is 16.6. The van der Waals surface area contributed by atoms with E-state index in [2.05, 4.69) is 49.2 Å². The lowest BCUT2D eigenvalue weighted by molar-refractivity contribution is 0.0523. The van der Waals surface area contributed by atoms with Crippen molar-refractivity contribution in [1.82, 2.24) is 5.32 Å². The molecule has 0 saturated carbocycles. The molecule has 0 aromatic heterocycles. The Kier molecular flexibility index (Phi) is 5.88. The fraction of sp³-hybridized carbons (Fsp3) is 0.318. The minimum absolute atomic E-state index is 0.382. The van der Waals surface area contributed by atoms with Gasteiger partial charge in [0.2, 0.25) is 0 Å². The van der Waals surface area contributed by atoms with Crippen LogP contribution >= 0.6 is 0 Å². The Balaban J connectivity index is 2.13. The van der Waals surface area contributed by atoms with Crippen LogP contribution in [-0.2, 0) is 11.3 Å². The number of nitrogens with one attached hydrogen (secondary N) is 1. The van der Waals surface area contributed by atoms with E-state index in [1.807, 2.05) is 45.0 Å². The topological polar surface area (TPSA) is 38.3 Å². The highest BCUT2D eigenvalue weighted by Crippen LogP contribution is 2.11. The maximum Gasteiger partial charge on any atom is 0.407 e. The van der Waals surface area contributed by atoms with Crippen molar-refractivity contribution < 1.29 is 9.53 Å². The minimum atomic E-state index is -0.508. The van der Waals surface area contributed by atoms with E-state index in [0.717, 1.165) is 16.7 Å². The van der Waals surface area contributed by atoms with E-state index < -0.39 is 11.7 Å². The van der Waals surface area contributed by atoms with Crippen LogP contribution in [-0.4, -0.2) is 11.7 Å². The highest BCUT2D eigenvalue weighted by Gasteiger charge is 2.15. The molecule has 2 aromatic carbocycles. The van der Waals surface area contributed by atoms with Crippen LogP contribution in [0.5, 0.6) is 0 Å². The monoisotopic (exact) mass is 335 g/mol. The van der Waals surface area contributed by atoms with Gasteiger partial charge in [-0.1, -0.05) is 36.1 Å². The lowest BCUT2D eigenvalue weighted by Gasteiger charge is -2.19. The molecule has 0 aliphatic rings. The summed E-state index contributed by atoms with van der Waals surface area (Å²) in [5.41, 5.74) is 4.75. The van der Waals surface area contributed by atoms with Crippen molar-refractivity contribution in [3.63, 3.8) is 0 Å². The Morgan fingerprint density at radius 2 is 1.68 bits per heavy atom. The van der Waals surface area contributed by atoms with Gasteiger partial charge in [-0.25, -0.2) is 4.79 Å². The molecular formula is C22H25NO2. The van der Waals surface area contributed by atoms with Gasteiger partial charge in [-0.3, -0.25) is 0 Å². The van der Waals surface area contributed by atoms with Gasteiger partial charge in [0.1, 0.15) is 5.60 Å². The van der Waals surface area contributed by atoms with Gasteiger partial charge in [0.25, 0.3) is 0 Å². The zero-order valence-corrected chi connectivity index (χ0v) is 15.6. The highest BCUT2D eigenvalue weighted by molar-refractivity contribution is 5.67. The van der Waals surface area contributed by atoms with Crippen molar-refractivity contribution in [2.75, 3.05) is 0 Å². The maximum atomic E-state index is 11.8. The molecule has 0 radical (unpaired) electrons. The zero-order valence-electron chi connectivity index (χ0n) is 15.6. The van der Waals surface area contributed by atoms with Crippen molar-refractivity contribution in [2.24, 2.45) is 0 Å². The second-order valence-corrected chi connectivity index (χ2v) is 7.14. The van der Waals surface area contributed by atoms with Crippen LogP contribution < -0.4 is 5.32 Å². The molecule has 0 bridgehead atoms. The van der Waals surface area contributed by atoms with Crippen LogP contribution in [0.4, 0.5) is 4.79 Å². The van der Waals surface area contributed by atoms with E-state index in [1.165, 1.54) is 11.1 Å². The van der Waals surface area contributed by atoms with E-state index in [1.54, 1.807) is 0 Å². The van der Waals surface area contributed by atoms with Crippen molar-refractivity contribution in [3.05, 3.63) is 70.3 Å². The number of hydrogen-bond donors (Lipinski definition) is 1. The summed E-state index contributed by atoms with van der Waals surface area (Å²) >= 11 is 0. The van der Waals surface area contributed by atoms with E-state index in [0.29, 0.717) is 6.54 Å². The van der Waals surface area contributed by atoms with Crippen LogP contribution in [0.1, 0.15) is 48.6 Å². The van der Waals surface area contributed by atoms with Gasteiger partial charge >= 0.3 is 6.09 Å². The van der Waals surface area contributed by atoms with E-state index in [4.69, 9.17) is 4.74 Å². The number of ether oxygens (including phenoxy) is 1. The Bertz CT molecular complexity index is 800. The van der Waals surface area contributed by atoms with Gasteiger partial charge < -0.3 is 10.1 Å². The summed E-state index contributed by atoms with van der Waals surface area (Å²) in [4.78, 5) is 11.8. The Morgan fingerprint density at radius 1 is 1.04 bits per heavy atom. The Morgan fingerprint density at radius 3 is 2.32 bits per heavy atom. The van der Waals surface area contributed by atoms with Gasteiger partial charge in [0.05, 0.1) is 0 Å². The number of carbonyl (C=O) groups excluding carboxylic acids is 1. The first-order valence-electron chi connectivity index (χ1n) is 8.38. The van der Waals surface area contributed by atoms with Gasteiger partial charge in [-0.15, -0.1) is 0 Å². The molecule has 25 heavy (non-hydrogen) atoms. The fourth-order valence-electron chi connectivity index (χ4n) is 2.46. The SMILES string of the molecule is Cc1cc(C)cc(C#Cc2ccccc2CNC(=O)OC(C)(C)C)c1. The average molecular weight is 335 g/mol. The third kappa shape index (κ3) is 6.35. The van der Waals surface area contributed by atoms with E-state index in [9.17, 15) is 4.79 Å². The molecular weight excluding hydrogens is 310 g/mol. The number of carbonyl (C=O) groups is 1. The van der Waals surface area contributed by atoms with Gasteiger partial charge in [0.15, 0.2) is 0 Å². The lowest BCUT2D eigenvalue weighted by atomic mass is 10.1. The number of rotatable bonds is 2. The first kappa shape index (κ1) is 18.6. The number of amides is 1. The molecule has 2 aromatic rings. The molecule has 0 aliphatic carbocycles. The van der Waals surface area contributed by atoms with E-state index >= 15 is 0 Å². The zero-order chi connectivity index (χ0) is 18.4. The number of benzene rings is 2. The average Bonchev–Trinajstić information content (AvgIpc) is 2.49. The van der Waals surface area contributed by atoms with Crippen molar-refractivity contribution >= 4 is 6.09 Å². The number of aryl methyl sites for hydroxylation is 2. The first-order valence-corrected chi connectivity index (χ1v) is 8.38. The molecule has 0 fully saturated rings. The summed E-state index contributed by atoms with van der Waals surface area (Å²) in [6.07, 6.45) is -0.426. The first-order chi connectivity index (χ1) is 11.7. The van der Waals surface area contributed by atoms with Crippen LogP contribution in [0.2, 0.25) is 0 Å². The predicted molar refractivity (Wildman–Crippen MR) is 101 cm³/mol. The van der Waals surface area contributed by atoms with Crippen molar-refractivity contribution in [2.45, 2.75) is 46.8 Å². The van der Waals surface area contributed by atoms with Gasteiger partial charge in [0, 0.05) is 17.7 Å². The van der Waals surface area contributed by atoms with Gasteiger partial charge in [-0.2, -0.15) is 0 Å². The summed E-state index contributed by atoms with van der Waals surface area (Å²) in [6.45, 7) is 10.0. The predicted octanol–water partition coefficient (Wildman–Crippen LogP) is 4.73. The molecule has 3 heteroatoms. The summed E-state index contributed by atoms with van der Waals surface area (Å²) in [5.74, 6) is 6.43. The molecule has 0 atom stereocenters. The molecule has 0 heterocycles. The quantitative estimate of drug-likeness (QED) is 0.806. The molecule has 0 unspecified atom stereocenters. The normalized spacial score (nSPS) is 10.6. The van der Waals surface area contributed by atoms with Crippen molar-refractivity contribution in [3.8, 4) is 11.8 Å². The van der Waals surface area contributed by atoms with Crippen LogP contribution in [0, 0.1) is 25.7 Å². The van der Waals surface area contributed by atoms with Gasteiger partial charge in [-0.05, 0) is 69.5 Å². The summed E-state index contributed by atoms with van der Waals surface area (Å²) in [5, 5.41) is 2.78. The molecule has 0 spiro atoms. The van der Waals surface area contributed by atoms with Crippen LogP contribution in [0.3, 0.4) is 0 Å². The molecule has 1 N–H and O–H groups in total. The smallest absolute Gasteiger partial charge is 0.407 e. The van der Waals surface area contributed by atoms with Crippen LogP contribution in [0.15, 0.2) is 42.5 Å². The number of hydrogen-bond acceptors (Lipinski definition) is 2. The Hall–Kier alpha value is -2.73. The third-order valence-electron chi connectivity index (χ3n) is 3.40. The van der Waals surface area contributed by atoms with Crippen molar-refractivity contribution in [1.29, 1.82) is 0 Å². The lowest BCUT2D eigenvalue weighted by Crippen LogP contribution is -2.32. The molecule has 2 rings (SSSR count). The Labute approximate surface area is 150 Å². The van der Waals surface area contributed by atoms with Crippen LogP contribution in [0.25, 0.3) is 0 Å². The number of alkyl carbamates (subject to hydrolysis) is 1. The molecule has 0 saturated heterocycles. The summed E-state index contributed by atoms with van der Waals surface area (Å²) < 4.78 is 5.27. The standard InChI is InChI=1S/C22H25NO2/c1-16-12-17(2)14-18(13-16)10-11-19-8-6-7-9-20(19)15-23-21(24)25-22(3,4)5/h6-9,12-14H,15H2,1-5H3,(H,23,24). The molecule has 0 aliphatic heterocycles. The second-order valence-electron chi connectivity index (χ2n) is 7.14. The minimum Gasteiger partial charge on any atom is -0.444 e. The maximum absolute atomic E-state index is 11.8. The van der Waals surface area contributed by atoms with E-state index in [-0.39, 0.29) is 0 Å².